The maximum absolute atomic E-state index is 5.52. The number of nitrogens with zero attached hydrogens (tertiary/aromatic N) is 4. The molecule has 0 bridgehead atoms. The first-order valence-corrected chi connectivity index (χ1v) is 6.95. The fourth-order valence-electron chi connectivity index (χ4n) is 1.95. The van der Waals surface area contributed by atoms with Gasteiger partial charge in [0.15, 0.2) is 0 Å². The number of hydrogen-bond acceptors (Lipinski definition) is 6. The van der Waals surface area contributed by atoms with Gasteiger partial charge in [-0.1, -0.05) is 6.92 Å². The van der Waals surface area contributed by atoms with Crippen molar-refractivity contribution in [3.05, 3.63) is 0 Å². The molecule has 0 radical (unpaired) electrons. The maximum atomic E-state index is 5.52. The van der Waals surface area contributed by atoms with Crippen LogP contribution in [0.3, 0.4) is 0 Å². The van der Waals surface area contributed by atoms with Gasteiger partial charge in [-0.2, -0.15) is 15.0 Å². The van der Waals surface area contributed by atoms with E-state index in [-0.39, 0.29) is 0 Å². The summed E-state index contributed by atoms with van der Waals surface area (Å²) in [6.07, 6.45) is 3.54. The van der Waals surface area contributed by atoms with Gasteiger partial charge in [-0.25, -0.2) is 0 Å². The molecule has 0 aliphatic heterocycles. The standard InChI is InChI=1S/C13H23N5O/c1-5-8-19-13-16-11(14-3)15-12(17-13)18(4)9(2)10-6-7-10/h9-10H,5-8H2,1-4H3,(H,14,15,16,17). The summed E-state index contributed by atoms with van der Waals surface area (Å²) < 4.78 is 5.52. The van der Waals surface area contributed by atoms with Crippen molar-refractivity contribution < 1.29 is 4.74 Å². The van der Waals surface area contributed by atoms with Crippen molar-refractivity contribution >= 4 is 11.9 Å². The number of aromatic nitrogens is 3. The van der Waals surface area contributed by atoms with Crippen molar-refractivity contribution in [3.63, 3.8) is 0 Å². The molecule has 1 N–H and O–H groups in total. The summed E-state index contributed by atoms with van der Waals surface area (Å²) in [6, 6.07) is 0.845. The fraction of sp³-hybridized carbons (Fsp3) is 0.769. The van der Waals surface area contributed by atoms with E-state index in [1.807, 2.05) is 7.05 Å². The lowest BCUT2D eigenvalue weighted by Crippen LogP contribution is -2.32. The van der Waals surface area contributed by atoms with Crippen molar-refractivity contribution in [3.8, 4) is 6.01 Å². The Morgan fingerprint density at radius 1 is 1.37 bits per heavy atom. The minimum absolute atomic E-state index is 0.394. The maximum Gasteiger partial charge on any atom is 0.323 e. The molecule has 6 nitrogen and oxygen atoms in total. The van der Waals surface area contributed by atoms with Crippen LogP contribution in [0.25, 0.3) is 0 Å². The van der Waals surface area contributed by atoms with Crippen LogP contribution in [0, 0.1) is 5.92 Å². The Morgan fingerprint density at radius 2 is 2.11 bits per heavy atom. The molecule has 0 amide bonds. The molecule has 1 saturated carbocycles. The van der Waals surface area contributed by atoms with Crippen molar-refractivity contribution in [1.29, 1.82) is 0 Å². The van der Waals surface area contributed by atoms with Crippen LogP contribution in [0.15, 0.2) is 0 Å². The predicted molar refractivity (Wildman–Crippen MR) is 75.7 cm³/mol. The quantitative estimate of drug-likeness (QED) is 0.813. The number of hydrogen-bond donors (Lipinski definition) is 1. The highest BCUT2D eigenvalue weighted by Crippen LogP contribution is 2.35. The van der Waals surface area contributed by atoms with E-state index in [0.29, 0.717) is 30.6 Å². The van der Waals surface area contributed by atoms with Crippen LogP contribution >= 0.6 is 0 Å². The first kappa shape index (κ1) is 13.8. The highest BCUT2D eigenvalue weighted by Gasteiger charge is 2.31. The van der Waals surface area contributed by atoms with Gasteiger partial charge in [0.2, 0.25) is 11.9 Å². The fourth-order valence-corrected chi connectivity index (χ4v) is 1.95. The van der Waals surface area contributed by atoms with Gasteiger partial charge in [0.1, 0.15) is 0 Å². The summed E-state index contributed by atoms with van der Waals surface area (Å²) in [5, 5.41) is 2.95. The summed E-state index contributed by atoms with van der Waals surface area (Å²) in [5.74, 6) is 1.98. The van der Waals surface area contributed by atoms with Crippen LogP contribution in [-0.4, -0.2) is 41.7 Å². The molecular formula is C13H23N5O. The lowest BCUT2D eigenvalue weighted by molar-refractivity contribution is 0.291. The first-order chi connectivity index (χ1) is 9.15. The monoisotopic (exact) mass is 265 g/mol. The zero-order valence-electron chi connectivity index (χ0n) is 12.2. The molecule has 6 heteroatoms. The van der Waals surface area contributed by atoms with Gasteiger partial charge in [-0.05, 0) is 32.1 Å². The Balaban J connectivity index is 2.17. The Bertz CT molecular complexity index is 421. The third kappa shape index (κ3) is 3.45. The van der Waals surface area contributed by atoms with Crippen molar-refractivity contribution in [2.75, 3.05) is 30.9 Å². The highest BCUT2D eigenvalue weighted by atomic mass is 16.5. The summed E-state index contributed by atoms with van der Waals surface area (Å²) in [5.41, 5.74) is 0. The molecule has 19 heavy (non-hydrogen) atoms. The van der Waals surface area contributed by atoms with Crippen molar-refractivity contribution in [1.82, 2.24) is 15.0 Å². The Labute approximate surface area is 114 Å². The van der Waals surface area contributed by atoms with Gasteiger partial charge in [-0.3, -0.25) is 0 Å². The number of ether oxygens (including phenoxy) is 1. The summed E-state index contributed by atoms with van der Waals surface area (Å²) >= 11 is 0. The molecule has 1 aromatic heterocycles. The number of rotatable bonds is 7. The van der Waals surface area contributed by atoms with E-state index in [1.165, 1.54) is 12.8 Å². The van der Waals surface area contributed by atoms with Gasteiger partial charge in [0, 0.05) is 20.1 Å². The van der Waals surface area contributed by atoms with E-state index in [9.17, 15) is 0 Å². The lowest BCUT2D eigenvalue weighted by Gasteiger charge is -2.25. The molecule has 1 aromatic rings. The van der Waals surface area contributed by atoms with E-state index in [4.69, 9.17) is 4.74 Å². The molecule has 0 saturated heterocycles. The highest BCUT2D eigenvalue weighted by molar-refractivity contribution is 5.38. The molecule has 1 fully saturated rings. The van der Waals surface area contributed by atoms with Gasteiger partial charge in [-0.15, -0.1) is 0 Å². The normalized spacial score (nSPS) is 16.0. The van der Waals surface area contributed by atoms with E-state index < -0.39 is 0 Å². The smallest absolute Gasteiger partial charge is 0.323 e. The molecule has 1 aliphatic rings. The Morgan fingerprint density at radius 3 is 2.68 bits per heavy atom. The molecule has 1 unspecified atom stereocenters. The molecular weight excluding hydrogens is 242 g/mol. The molecule has 0 aromatic carbocycles. The zero-order valence-corrected chi connectivity index (χ0v) is 12.2. The minimum Gasteiger partial charge on any atom is -0.463 e. The number of anilines is 2. The second-order valence-corrected chi connectivity index (χ2v) is 5.03. The van der Waals surface area contributed by atoms with Crippen LogP contribution < -0.4 is 15.0 Å². The topological polar surface area (TPSA) is 63.2 Å². The zero-order chi connectivity index (χ0) is 13.8. The van der Waals surface area contributed by atoms with Crippen molar-refractivity contribution in [2.45, 2.75) is 39.2 Å². The van der Waals surface area contributed by atoms with Gasteiger partial charge in [0.05, 0.1) is 6.61 Å². The van der Waals surface area contributed by atoms with E-state index >= 15 is 0 Å². The number of nitrogens with one attached hydrogen (secondary N) is 1. The van der Waals surface area contributed by atoms with Crippen molar-refractivity contribution in [2.24, 2.45) is 5.92 Å². The third-order valence-corrected chi connectivity index (χ3v) is 3.49. The van der Waals surface area contributed by atoms with Crippen LogP contribution in [0.2, 0.25) is 0 Å². The van der Waals surface area contributed by atoms with Crippen LogP contribution in [0.4, 0.5) is 11.9 Å². The molecule has 1 aliphatic carbocycles. The second kappa shape index (κ2) is 6.04. The third-order valence-electron chi connectivity index (χ3n) is 3.49. The second-order valence-electron chi connectivity index (χ2n) is 5.03. The first-order valence-electron chi connectivity index (χ1n) is 6.95. The predicted octanol–water partition coefficient (Wildman–Crippen LogP) is 1.94. The van der Waals surface area contributed by atoms with Gasteiger partial charge < -0.3 is 15.0 Å². The molecule has 1 atom stereocenters. The van der Waals surface area contributed by atoms with Gasteiger partial charge >= 0.3 is 6.01 Å². The van der Waals surface area contributed by atoms with E-state index in [0.717, 1.165) is 12.3 Å². The minimum atomic E-state index is 0.394. The largest absolute Gasteiger partial charge is 0.463 e. The molecule has 2 rings (SSSR count). The average molecular weight is 265 g/mol. The summed E-state index contributed by atoms with van der Waals surface area (Å²) in [4.78, 5) is 15.1. The van der Waals surface area contributed by atoms with Crippen LogP contribution in [0.5, 0.6) is 6.01 Å². The van der Waals surface area contributed by atoms with E-state index in [2.05, 4.69) is 39.0 Å². The molecule has 106 valence electrons. The lowest BCUT2D eigenvalue weighted by atomic mass is 10.2. The summed E-state index contributed by atoms with van der Waals surface area (Å²) in [7, 11) is 3.83. The van der Waals surface area contributed by atoms with E-state index in [1.54, 1.807) is 7.05 Å². The summed E-state index contributed by atoms with van der Waals surface area (Å²) in [6.45, 7) is 4.89. The molecule has 1 heterocycles. The molecule has 0 spiro atoms. The average Bonchev–Trinajstić information content (AvgIpc) is 3.27. The van der Waals surface area contributed by atoms with Gasteiger partial charge in [0.25, 0.3) is 0 Å². The SMILES string of the molecule is CCCOc1nc(NC)nc(N(C)C(C)C2CC2)n1. The Hall–Kier alpha value is -1.59. The van der Waals surface area contributed by atoms with Crippen LogP contribution in [0.1, 0.15) is 33.1 Å². The Kier molecular flexibility index (Phi) is 4.39. The van der Waals surface area contributed by atoms with Crippen LogP contribution in [-0.2, 0) is 0 Å².